The number of anilines is 2. The van der Waals surface area contributed by atoms with Crippen molar-refractivity contribution in [1.29, 1.82) is 0 Å². The van der Waals surface area contributed by atoms with Crippen molar-refractivity contribution in [1.82, 2.24) is 0 Å². The fraction of sp³-hybridized carbons (Fsp3) is 0.167. The zero-order valence-corrected chi connectivity index (χ0v) is 14.0. The van der Waals surface area contributed by atoms with Crippen molar-refractivity contribution in [3.05, 3.63) is 54.6 Å². The third-order valence-electron chi connectivity index (χ3n) is 3.64. The quantitative estimate of drug-likeness (QED) is 0.867. The van der Waals surface area contributed by atoms with Crippen molar-refractivity contribution in [2.45, 2.75) is 17.7 Å². The lowest BCUT2D eigenvalue weighted by Gasteiger charge is -2.23. The standard InChI is InChI=1S/C18H17N3O2S/c1-24-15-9-7-13(8-10-15)19-18(23)16-11-12-17(22)21(20-16)14-5-3-2-4-6-14/h2-10H,11-12H2,1H3,(H,19,23). The van der Waals surface area contributed by atoms with Crippen molar-refractivity contribution in [2.24, 2.45) is 5.10 Å². The normalized spacial score (nSPS) is 14.3. The first kappa shape index (κ1) is 16.3. The number of hydrazone groups is 1. The van der Waals surface area contributed by atoms with Gasteiger partial charge in [-0.1, -0.05) is 18.2 Å². The highest BCUT2D eigenvalue weighted by Gasteiger charge is 2.25. The van der Waals surface area contributed by atoms with E-state index in [4.69, 9.17) is 0 Å². The third kappa shape index (κ3) is 3.65. The van der Waals surface area contributed by atoms with Gasteiger partial charge in [0.05, 0.1) is 5.69 Å². The van der Waals surface area contributed by atoms with Gasteiger partial charge in [-0.2, -0.15) is 5.10 Å². The molecular formula is C18H17N3O2S. The van der Waals surface area contributed by atoms with E-state index in [2.05, 4.69) is 10.4 Å². The molecule has 6 heteroatoms. The molecule has 0 saturated carbocycles. The number of hydrogen-bond acceptors (Lipinski definition) is 4. The van der Waals surface area contributed by atoms with Gasteiger partial charge < -0.3 is 5.32 Å². The second-order valence-corrected chi connectivity index (χ2v) is 6.15. The summed E-state index contributed by atoms with van der Waals surface area (Å²) in [6.45, 7) is 0. The predicted molar refractivity (Wildman–Crippen MR) is 97.4 cm³/mol. The molecule has 0 bridgehead atoms. The van der Waals surface area contributed by atoms with E-state index in [1.807, 2.05) is 48.7 Å². The summed E-state index contributed by atoms with van der Waals surface area (Å²) in [6.07, 6.45) is 2.61. The van der Waals surface area contributed by atoms with Gasteiger partial charge >= 0.3 is 0 Å². The largest absolute Gasteiger partial charge is 0.321 e. The summed E-state index contributed by atoms with van der Waals surface area (Å²) in [6, 6.07) is 16.7. The number of carbonyl (C=O) groups is 2. The number of nitrogens with zero attached hydrogens (tertiary/aromatic N) is 2. The predicted octanol–water partition coefficient (Wildman–Crippen LogP) is 3.53. The molecule has 0 aliphatic carbocycles. The number of hydrogen-bond donors (Lipinski definition) is 1. The van der Waals surface area contributed by atoms with Gasteiger partial charge in [0.15, 0.2) is 0 Å². The first-order chi connectivity index (χ1) is 11.7. The van der Waals surface area contributed by atoms with Gasteiger partial charge in [-0.15, -0.1) is 11.8 Å². The second-order valence-electron chi connectivity index (χ2n) is 5.27. The Morgan fingerprint density at radius 3 is 2.46 bits per heavy atom. The first-order valence-corrected chi connectivity index (χ1v) is 8.81. The monoisotopic (exact) mass is 339 g/mol. The molecule has 2 aromatic carbocycles. The molecular weight excluding hydrogens is 322 g/mol. The van der Waals surface area contributed by atoms with Crippen LogP contribution in [0.4, 0.5) is 11.4 Å². The molecule has 0 radical (unpaired) electrons. The van der Waals surface area contributed by atoms with E-state index in [0.717, 1.165) is 4.90 Å². The van der Waals surface area contributed by atoms with E-state index in [1.54, 1.807) is 23.9 Å². The highest BCUT2D eigenvalue weighted by Crippen LogP contribution is 2.21. The fourth-order valence-electron chi connectivity index (χ4n) is 2.37. The molecule has 5 nitrogen and oxygen atoms in total. The van der Waals surface area contributed by atoms with Gasteiger partial charge in [0.1, 0.15) is 5.71 Å². The highest BCUT2D eigenvalue weighted by molar-refractivity contribution is 7.98. The van der Waals surface area contributed by atoms with Gasteiger partial charge in [-0.05, 0) is 42.7 Å². The van der Waals surface area contributed by atoms with E-state index in [9.17, 15) is 9.59 Å². The molecule has 0 unspecified atom stereocenters. The van der Waals surface area contributed by atoms with Gasteiger partial charge in [0, 0.05) is 23.4 Å². The minimum Gasteiger partial charge on any atom is -0.321 e. The number of para-hydroxylation sites is 1. The van der Waals surface area contributed by atoms with E-state index in [1.165, 1.54) is 5.01 Å². The minimum absolute atomic E-state index is 0.109. The Kier molecular flexibility index (Phi) is 4.96. The van der Waals surface area contributed by atoms with E-state index in [-0.39, 0.29) is 18.2 Å². The van der Waals surface area contributed by atoms with Crippen LogP contribution in [0.15, 0.2) is 64.6 Å². The highest BCUT2D eigenvalue weighted by atomic mass is 32.2. The Morgan fingerprint density at radius 2 is 1.79 bits per heavy atom. The molecule has 24 heavy (non-hydrogen) atoms. The Morgan fingerprint density at radius 1 is 1.08 bits per heavy atom. The summed E-state index contributed by atoms with van der Waals surface area (Å²) < 4.78 is 0. The molecule has 2 aromatic rings. The second kappa shape index (κ2) is 7.31. The molecule has 3 rings (SSSR count). The van der Waals surface area contributed by atoms with Gasteiger partial charge in [0.25, 0.3) is 5.91 Å². The van der Waals surface area contributed by atoms with Gasteiger partial charge in [-0.25, -0.2) is 5.01 Å². The molecule has 0 saturated heterocycles. The van der Waals surface area contributed by atoms with E-state index < -0.39 is 0 Å². The zero-order chi connectivity index (χ0) is 16.9. The SMILES string of the molecule is CSc1ccc(NC(=O)C2=NN(c3ccccc3)C(=O)CC2)cc1. The Labute approximate surface area is 144 Å². The third-order valence-corrected chi connectivity index (χ3v) is 4.39. The molecule has 122 valence electrons. The molecule has 1 heterocycles. The van der Waals surface area contributed by atoms with Crippen molar-refractivity contribution >= 4 is 40.7 Å². The molecule has 1 aliphatic rings. The van der Waals surface area contributed by atoms with E-state index in [0.29, 0.717) is 23.5 Å². The van der Waals surface area contributed by atoms with Crippen LogP contribution >= 0.6 is 11.8 Å². The minimum atomic E-state index is -0.277. The number of carbonyl (C=O) groups excluding carboxylic acids is 2. The maximum atomic E-state index is 12.4. The number of thioether (sulfide) groups is 1. The average molecular weight is 339 g/mol. The molecule has 1 N–H and O–H groups in total. The van der Waals surface area contributed by atoms with Crippen LogP contribution < -0.4 is 10.3 Å². The number of amides is 2. The van der Waals surface area contributed by atoms with Crippen LogP contribution in [-0.4, -0.2) is 23.8 Å². The maximum Gasteiger partial charge on any atom is 0.271 e. The van der Waals surface area contributed by atoms with Crippen LogP contribution in [0.25, 0.3) is 0 Å². The topological polar surface area (TPSA) is 61.8 Å². The van der Waals surface area contributed by atoms with E-state index >= 15 is 0 Å². The van der Waals surface area contributed by atoms with Crippen molar-refractivity contribution < 1.29 is 9.59 Å². The maximum absolute atomic E-state index is 12.4. The summed E-state index contributed by atoms with van der Waals surface area (Å²) >= 11 is 1.64. The molecule has 2 amide bonds. The van der Waals surface area contributed by atoms with Crippen LogP contribution in [-0.2, 0) is 9.59 Å². The molecule has 0 atom stereocenters. The van der Waals surface area contributed by atoms with Crippen molar-refractivity contribution in [3.63, 3.8) is 0 Å². The van der Waals surface area contributed by atoms with Crippen LogP contribution in [0.1, 0.15) is 12.8 Å². The summed E-state index contributed by atoms with van der Waals surface area (Å²) in [7, 11) is 0. The van der Waals surface area contributed by atoms with Crippen LogP contribution in [0.3, 0.4) is 0 Å². The lowest BCUT2D eigenvalue weighted by Crippen LogP contribution is -2.36. The van der Waals surface area contributed by atoms with Crippen molar-refractivity contribution in [2.75, 3.05) is 16.6 Å². The Hall–Kier alpha value is -2.60. The van der Waals surface area contributed by atoms with Crippen LogP contribution in [0.5, 0.6) is 0 Å². The van der Waals surface area contributed by atoms with Crippen LogP contribution in [0.2, 0.25) is 0 Å². The van der Waals surface area contributed by atoms with Gasteiger partial charge in [0.2, 0.25) is 5.91 Å². The summed E-state index contributed by atoms with van der Waals surface area (Å²) in [5, 5.41) is 8.38. The Balaban J connectivity index is 1.77. The molecule has 0 aromatic heterocycles. The smallest absolute Gasteiger partial charge is 0.271 e. The summed E-state index contributed by atoms with van der Waals surface area (Å²) in [5.41, 5.74) is 1.73. The molecule has 0 spiro atoms. The fourth-order valence-corrected chi connectivity index (χ4v) is 2.77. The average Bonchev–Trinajstić information content (AvgIpc) is 2.63. The lowest BCUT2D eigenvalue weighted by molar-refractivity contribution is -0.118. The van der Waals surface area contributed by atoms with Crippen molar-refractivity contribution in [3.8, 4) is 0 Å². The first-order valence-electron chi connectivity index (χ1n) is 7.58. The zero-order valence-electron chi connectivity index (χ0n) is 13.2. The summed E-state index contributed by atoms with van der Waals surface area (Å²) in [5.74, 6) is -0.387. The Bertz CT molecular complexity index is 773. The number of benzene rings is 2. The molecule has 1 aliphatic heterocycles. The summed E-state index contributed by atoms with van der Waals surface area (Å²) in [4.78, 5) is 25.6. The van der Waals surface area contributed by atoms with Gasteiger partial charge in [-0.3, -0.25) is 9.59 Å². The number of nitrogens with one attached hydrogen (secondary N) is 1. The number of rotatable bonds is 4. The van der Waals surface area contributed by atoms with Crippen LogP contribution in [0, 0.1) is 0 Å². The lowest BCUT2D eigenvalue weighted by atomic mass is 10.1. The molecule has 0 fully saturated rings.